The summed E-state index contributed by atoms with van der Waals surface area (Å²) in [6.07, 6.45) is 1.86. The Bertz CT molecular complexity index is 1020. The molecule has 2 amide bonds. The van der Waals surface area contributed by atoms with Crippen LogP contribution >= 0.6 is 23.2 Å². The van der Waals surface area contributed by atoms with E-state index in [-0.39, 0.29) is 29.3 Å². The van der Waals surface area contributed by atoms with Crippen LogP contribution in [0.15, 0.2) is 30.3 Å². The Morgan fingerprint density at radius 2 is 1.71 bits per heavy atom. The van der Waals surface area contributed by atoms with Crippen LogP contribution in [0.1, 0.15) is 41.6 Å². The van der Waals surface area contributed by atoms with Crippen LogP contribution in [-0.2, 0) is 4.79 Å². The number of carbonyl (C=O) groups excluding carboxylic acids is 2. The smallest absolute Gasteiger partial charge is 0.255 e. The van der Waals surface area contributed by atoms with Crippen LogP contribution in [0.25, 0.3) is 0 Å². The monoisotopic (exact) mass is 508 g/mol. The van der Waals surface area contributed by atoms with Crippen LogP contribution in [0.2, 0.25) is 10.0 Å². The molecule has 2 aromatic carbocycles. The maximum Gasteiger partial charge on any atom is 0.255 e. The number of ether oxygens (including phenoxy) is 3. The van der Waals surface area contributed by atoms with Crippen molar-refractivity contribution in [3.05, 3.63) is 51.5 Å². The molecule has 2 unspecified atom stereocenters. The number of halogens is 2. The lowest BCUT2D eigenvalue weighted by Crippen LogP contribution is -2.36. The average molecular weight is 509 g/mol. The third-order valence-corrected chi connectivity index (χ3v) is 6.60. The molecule has 1 heterocycles. The van der Waals surface area contributed by atoms with Crippen LogP contribution < -0.4 is 19.5 Å². The number of nitrogens with zero attached hydrogens (tertiary/aromatic N) is 1. The lowest BCUT2D eigenvalue weighted by molar-refractivity contribution is -0.124. The number of carbonyl (C=O) groups is 2. The number of amides is 2. The molecule has 0 bridgehead atoms. The fourth-order valence-corrected chi connectivity index (χ4v) is 4.73. The number of nitrogens with one attached hydrogen (secondary N) is 1. The first-order valence-corrected chi connectivity index (χ1v) is 11.9. The summed E-state index contributed by atoms with van der Waals surface area (Å²) in [6.45, 7) is 3.25. The summed E-state index contributed by atoms with van der Waals surface area (Å²) in [6, 6.07) is 8.44. The summed E-state index contributed by atoms with van der Waals surface area (Å²) < 4.78 is 16.5. The molecule has 0 aromatic heterocycles. The molecule has 1 aliphatic rings. The number of hydrogen-bond acceptors (Lipinski definition) is 5. The number of rotatable bonds is 9. The van der Waals surface area contributed by atoms with Gasteiger partial charge in [-0.25, -0.2) is 0 Å². The van der Waals surface area contributed by atoms with Crippen molar-refractivity contribution in [3.63, 3.8) is 0 Å². The zero-order valence-electron chi connectivity index (χ0n) is 19.8. The molecule has 1 fully saturated rings. The standard InChI is InChI=1S/C25H30Cl2N2O5/c1-5-6-9-28-24(30)19-14-29(25(31)17-8-7-16(26)12-20(17)27)13-18(19)15-10-21(32-2)23(34-4)22(11-15)33-3/h7-8,10-12,18-19H,5-6,9,13-14H2,1-4H3,(H,28,30). The van der Waals surface area contributed by atoms with Gasteiger partial charge in [-0.15, -0.1) is 0 Å². The van der Waals surface area contributed by atoms with Gasteiger partial charge in [0.2, 0.25) is 11.7 Å². The van der Waals surface area contributed by atoms with E-state index >= 15 is 0 Å². The van der Waals surface area contributed by atoms with E-state index in [1.54, 1.807) is 31.3 Å². The van der Waals surface area contributed by atoms with Gasteiger partial charge in [0, 0.05) is 30.6 Å². The van der Waals surface area contributed by atoms with E-state index < -0.39 is 5.92 Å². The third-order valence-electron chi connectivity index (χ3n) is 6.05. The number of likely N-dealkylation sites (tertiary alicyclic amines) is 1. The molecule has 1 N–H and O–H groups in total. The molecule has 2 atom stereocenters. The molecule has 34 heavy (non-hydrogen) atoms. The Hall–Kier alpha value is -2.64. The second-order valence-corrected chi connectivity index (χ2v) is 8.99. The summed E-state index contributed by atoms with van der Waals surface area (Å²) in [5, 5.41) is 3.74. The first-order valence-electron chi connectivity index (χ1n) is 11.2. The minimum atomic E-state index is -0.449. The first kappa shape index (κ1) is 26.0. The van der Waals surface area contributed by atoms with E-state index in [0.717, 1.165) is 18.4 Å². The zero-order chi connectivity index (χ0) is 24.8. The number of unbranched alkanes of at least 4 members (excludes halogenated alkanes) is 1. The van der Waals surface area contributed by atoms with E-state index in [9.17, 15) is 9.59 Å². The molecule has 2 aromatic rings. The fraction of sp³-hybridized carbons (Fsp3) is 0.440. The highest BCUT2D eigenvalue weighted by Gasteiger charge is 2.41. The van der Waals surface area contributed by atoms with E-state index in [0.29, 0.717) is 40.9 Å². The van der Waals surface area contributed by atoms with Crippen LogP contribution in [0.4, 0.5) is 0 Å². The van der Waals surface area contributed by atoms with Crippen LogP contribution in [0, 0.1) is 5.92 Å². The molecule has 0 spiro atoms. The summed E-state index contributed by atoms with van der Waals surface area (Å²) in [4.78, 5) is 28.2. The Kier molecular flexibility index (Phi) is 8.91. The summed E-state index contributed by atoms with van der Waals surface area (Å²) in [7, 11) is 4.63. The minimum Gasteiger partial charge on any atom is -0.493 e. The minimum absolute atomic E-state index is 0.0929. The van der Waals surface area contributed by atoms with Gasteiger partial charge in [-0.2, -0.15) is 0 Å². The fourth-order valence-electron chi connectivity index (χ4n) is 4.24. The molecule has 0 aliphatic carbocycles. The molecular weight excluding hydrogens is 479 g/mol. The Balaban J connectivity index is 1.97. The number of benzene rings is 2. The highest BCUT2D eigenvalue weighted by Crippen LogP contribution is 2.43. The number of hydrogen-bond donors (Lipinski definition) is 1. The summed E-state index contributed by atoms with van der Waals surface area (Å²) in [5.41, 5.74) is 1.17. The van der Waals surface area contributed by atoms with Crippen molar-refractivity contribution in [2.45, 2.75) is 25.7 Å². The van der Waals surface area contributed by atoms with Gasteiger partial charge in [0.05, 0.1) is 37.8 Å². The van der Waals surface area contributed by atoms with E-state index in [1.165, 1.54) is 13.2 Å². The maximum atomic E-state index is 13.3. The van der Waals surface area contributed by atoms with Gasteiger partial charge >= 0.3 is 0 Å². The van der Waals surface area contributed by atoms with Gasteiger partial charge in [0.25, 0.3) is 5.91 Å². The van der Waals surface area contributed by atoms with Crippen molar-refractivity contribution in [2.75, 3.05) is 41.0 Å². The first-order chi connectivity index (χ1) is 16.3. The molecule has 3 rings (SSSR count). The molecule has 9 heteroatoms. The molecule has 1 saturated heterocycles. The van der Waals surface area contributed by atoms with E-state index in [4.69, 9.17) is 37.4 Å². The van der Waals surface area contributed by atoms with Crippen LogP contribution in [-0.4, -0.2) is 57.7 Å². The number of methoxy groups -OCH3 is 3. The Morgan fingerprint density at radius 1 is 1.03 bits per heavy atom. The molecule has 0 radical (unpaired) electrons. The Labute approximate surface area is 210 Å². The van der Waals surface area contributed by atoms with Crippen molar-refractivity contribution in [3.8, 4) is 17.2 Å². The predicted molar refractivity (Wildman–Crippen MR) is 133 cm³/mol. The van der Waals surface area contributed by atoms with Crippen molar-refractivity contribution >= 4 is 35.0 Å². The summed E-state index contributed by atoms with van der Waals surface area (Å²) >= 11 is 12.3. The van der Waals surface area contributed by atoms with Gasteiger partial charge in [0.15, 0.2) is 11.5 Å². The molecular formula is C25H30Cl2N2O5. The molecule has 184 valence electrons. The normalized spacial score (nSPS) is 17.4. The maximum absolute atomic E-state index is 13.3. The third kappa shape index (κ3) is 5.53. The molecule has 0 saturated carbocycles. The molecule has 7 nitrogen and oxygen atoms in total. The average Bonchev–Trinajstić information content (AvgIpc) is 3.28. The zero-order valence-corrected chi connectivity index (χ0v) is 21.3. The lowest BCUT2D eigenvalue weighted by Gasteiger charge is -2.21. The molecule has 1 aliphatic heterocycles. The predicted octanol–water partition coefficient (Wildman–Crippen LogP) is 4.79. The SMILES string of the molecule is CCCCNC(=O)C1CN(C(=O)c2ccc(Cl)cc2Cl)CC1c1cc(OC)c(OC)c(OC)c1. The largest absolute Gasteiger partial charge is 0.493 e. The quantitative estimate of drug-likeness (QED) is 0.492. The van der Waals surface area contributed by atoms with Crippen molar-refractivity contribution in [2.24, 2.45) is 5.92 Å². The van der Waals surface area contributed by atoms with Crippen molar-refractivity contribution in [1.82, 2.24) is 10.2 Å². The van der Waals surface area contributed by atoms with E-state index in [1.807, 2.05) is 12.1 Å². The van der Waals surface area contributed by atoms with Gasteiger partial charge in [-0.3, -0.25) is 9.59 Å². The van der Waals surface area contributed by atoms with Crippen molar-refractivity contribution < 1.29 is 23.8 Å². The topological polar surface area (TPSA) is 77.1 Å². The Morgan fingerprint density at radius 3 is 2.26 bits per heavy atom. The van der Waals surface area contributed by atoms with E-state index in [2.05, 4.69) is 12.2 Å². The highest BCUT2D eigenvalue weighted by molar-refractivity contribution is 6.36. The van der Waals surface area contributed by atoms with Gasteiger partial charge < -0.3 is 24.4 Å². The van der Waals surface area contributed by atoms with Gasteiger partial charge in [-0.1, -0.05) is 36.5 Å². The van der Waals surface area contributed by atoms with Crippen LogP contribution in [0.3, 0.4) is 0 Å². The second kappa shape index (κ2) is 11.7. The van der Waals surface area contributed by atoms with Gasteiger partial charge in [-0.05, 0) is 42.3 Å². The van der Waals surface area contributed by atoms with Crippen molar-refractivity contribution in [1.29, 1.82) is 0 Å². The lowest BCUT2D eigenvalue weighted by atomic mass is 9.88. The summed E-state index contributed by atoms with van der Waals surface area (Å²) in [5.74, 6) is 0.393. The second-order valence-electron chi connectivity index (χ2n) is 8.15. The van der Waals surface area contributed by atoms with Gasteiger partial charge in [0.1, 0.15) is 0 Å². The van der Waals surface area contributed by atoms with Crippen LogP contribution in [0.5, 0.6) is 17.2 Å². The highest BCUT2D eigenvalue weighted by atomic mass is 35.5.